The van der Waals surface area contributed by atoms with Crippen molar-refractivity contribution in [2.45, 2.75) is 52.0 Å². The minimum absolute atomic E-state index is 0.0987. The van der Waals surface area contributed by atoms with Gasteiger partial charge in [-0.25, -0.2) is 9.97 Å². The number of aryl methyl sites for hydroxylation is 3. The maximum Gasteiger partial charge on any atom is 0.291 e. The lowest BCUT2D eigenvalue weighted by Gasteiger charge is -2.11. The van der Waals surface area contributed by atoms with E-state index in [-0.39, 0.29) is 24.4 Å². The third-order valence-electron chi connectivity index (χ3n) is 4.80. The summed E-state index contributed by atoms with van der Waals surface area (Å²) in [5, 5.41) is 17.5. The highest BCUT2D eigenvalue weighted by molar-refractivity contribution is 7.19. The zero-order valence-corrected chi connectivity index (χ0v) is 15.2. The second kappa shape index (κ2) is 6.34. The molecule has 0 saturated carbocycles. The Bertz CT molecular complexity index is 957. The van der Waals surface area contributed by atoms with E-state index in [2.05, 4.69) is 20.4 Å². The summed E-state index contributed by atoms with van der Waals surface area (Å²) in [5.74, 6) is 0.489. The van der Waals surface area contributed by atoms with Crippen LogP contribution in [0.15, 0.2) is 0 Å². The van der Waals surface area contributed by atoms with Crippen molar-refractivity contribution in [3.8, 4) is 0 Å². The average Bonchev–Trinajstić information content (AvgIpc) is 3.20. The lowest BCUT2D eigenvalue weighted by atomic mass is 9.97. The van der Waals surface area contributed by atoms with E-state index in [1.807, 2.05) is 13.8 Å². The summed E-state index contributed by atoms with van der Waals surface area (Å²) in [7, 11) is 0. The number of aromatic nitrogens is 4. The number of nitrogens with zero attached hydrogens (tertiary/aromatic N) is 4. The average molecular weight is 359 g/mol. The molecule has 3 aromatic rings. The summed E-state index contributed by atoms with van der Waals surface area (Å²) in [6.07, 6.45) is 5.17. The van der Waals surface area contributed by atoms with Crippen molar-refractivity contribution in [2.75, 3.05) is 6.61 Å². The normalized spacial score (nSPS) is 15.5. The Hall–Kier alpha value is -2.06. The highest BCUT2D eigenvalue weighted by Crippen LogP contribution is 2.37. The first-order valence-corrected chi connectivity index (χ1v) is 9.53. The van der Waals surface area contributed by atoms with Gasteiger partial charge in [-0.15, -0.1) is 16.4 Å². The summed E-state index contributed by atoms with van der Waals surface area (Å²) in [6, 6.07) is -0.285. The number of thiophene rings is 1. The topological polar surface area (TPSA) is 92.4 Å². The summed E-state index contributed by atoms with van der Waals surface area (Å²) in [6.45, 7) is 3.69. The molecule has 132 valence electrons. The predicted molar refractivity (Wildman–Crippen MR) is 96.2 cm³/mol. The first-order chi connectivity index (χ1) is 12.1. The van der Waals surface area contributed by atoms with Crippen LogP contribution in [-0.4, -0.2) is 43.2 Å². The summed E-state index contributed by atoms with van der Waals surface area (Å²) in [5.41, 5.74) is 2.04. The van der Waals surface area contributed by atoms with Crippen LogP contribution in [0, 0.1) is 6.92 Å². The lowest BCUT2D eigenvalue weighted by Crippen LogP contribution is -2.37. The number of rotatable bonds is 4. The van der Waals surface area contributed by atoms with Crippen LogP contribution in [0.5, 0.6) is 0 Å². The van der Waals surface area contributed by atoms with Crippen LogP contribution >= 0.6 is 11.3 Å². The van der Waals surface area contributed by atoms with Crippen LogP contribution in [0.2, 0.25) is 0 Å². The molecule has 0 aliphatic heterocycles. The molecule has 4 rings (SSSR count). The minimum atomic E-state index is -0.360. The molecule has 0 unspecified atom stereocenters. The van der Waals surface area contributed by atoms with E-state index >= 15 is 0 Å². The molecule has 25 heavy (non-hydrogen) atoms. The molecule has 3 aromatic heterocycles. The third kappa shape index (κ3) is 2.69. The van der Waals surface area contributed by atoms with Gasteiger partial charge in [0.2, 0.25) is 5.82 Å². The minimum Gasteiger partial charge on any atom is -0.394 e. The quantitative estimate of drug-likeness (QED) is 0.743. The van der Waals surface area contributed by atoms with Crippen molar-refractivity contribution >= 4 is 33.1 Å². The van der Waals surface area contributed by atoms with Gasteiger partial charge in [-0.1, -0.05) is 6.92 Å². The van der Waals surface area contributed by atoms with E-state index in [1.54, 1.807) is 15.9 Å². The molecular formula is C17H21N5O2S. The van der Waals surface area contributed by atoms with E-state index < -0.39 is 0 Å². The van der Waals surface area contributed by atoms with Crippen LogP contribution in [0.3, 0.4) is 0 Å². The first-order valence-electron chi connectivity index (χ1n) is 8.71. The van der Waals surface area contributed by atoms with Gasteiger partial charge in [-0.3, -0.25) is 4.79 Å². The Morgan fingerprint density at radius 2 is 2.16 bits per heavy atom. The smallest absolute Gasteiger partial charge is 0.291 e. The Morgan fingerprint density at radius 1 is 1.36 bits per heavy atom. The van der Waals surface area contributed by atoms with Gasteiger partial charge in [0.05, 0.1) is 18.0 Å². The van der Waals surface area contributed by atoms with E-state index in [9.17, 15) is 9.90 Å². The molecule has 1 atom stereocenters. The molecule has 1 aliphatic rings. The zero-order chi connectivity index (χ0) is 17.6. The SMILES string of the molecule is CC[C@@H](CO)NC(=O)c1nc2c3c4c(sc3nc(C)n2n1)CCCC4. The van der Waals surface area contributed by atoms with E-state index in [4.69, 9.17) is 0 Å². The fraction of sp³-hybridized carbons (Fsp3) is 0.529. The molecule has 0 bridgehead atoms. The lowest BCUT2D eigenvalue weighted by molar-refractivity contribution is 0.0904. The molecular weight excluding hydrogens is 338 g/mol. The highest BCUT2D eigenvalue weighted by Gasteiger charge is 2.24. The number of amides is 1. The highest BCUT2D eigenvalue weighted by atomic mass is 32.1. The maximum absolute atomic E-state index is 12.4. The Kier molecular flexibility index (Phi) is 4.16. The number of carbonyl (C=O) groups is 1. The Balaban J connectivity index is 1.84. The fourth-order valence-corrected chi connectivity index (χ4v) is 4.68. The number of hydrogen-bond acceptors (Lipinski definition) is 6. The van der Waals surface area contributed by atoms with E-state index in [0.29, 0.717) is 12.1 Å². The fourth-order valence-electron chi connectivity index (χ4n) is 3.38. The van der Waals surface area contributed by atoms with Crippen molar-refractivity contribution in [3.05, 3.63) is 22.1 Å². The van der Waals surface area contributed by atoms with Gasteiger partial charge in [0.25, 0.3) is 5.91 Å². The first kappa shape index (κ1) is 16.4. The second-order valence-corrected chi connectivity index (χ2v) is 7.57. The maximum atomic E-state index is 12.4. The van der Waals surface area contributed by atoms with Gasteiger partial charge in [0.15, 0.2) is 5.65 Å². The van der Waals surface area contributed by atoms with Crippen molar-refractivity contribution < 1.29 is 9.90 Å². The number of nitrogens with one attached hydrogen (secondary N) is 1. The van der Waals surface area contributed by atoms with Gasteiger partial charge in [0, 0.05) is 4.88 Å². The molecule has 0 radical (unpaired) electrons. The standard InChI is InChI=1S/C17H21N5O2S/c1-3-10(8-23)19-16(24)14-20-15-13-11-6-4-5-7-12(11)25-17(13)18-9(2)22(15)21-14/h10,23H,3-8H2,1-2H3,(H,19,24)/t10-/m0/s1. The molecule has 2 N–H and O–H groups in total. The molecule has 3 heterocycles. The molecule has 0 saturated heterocycles. The van der Waals surface area contributed by atoms with Crippen LogP contribution in [0.25, 0.3) is 15.9 Å². The molecule has 8 heteroatoms. The Morgan fingerprint density at radius 3 is 2.92 bits per heavy atom. The van der Waals surface area contributed by atoms with Crippen LogP contribution in [0.1, 0.15) is 53.1 Å². The molecule has 7 nitrogen and oxygen atoms in total. The zero-order valence-electron chi connectivity index (χ0n) is 14.4. The predicted octanol–water partition coefficient (Wildman–Crippen LogP) is 2.03. The summed E-state index contributed by atoms with van der Waals surface area (Å²) >= 11 is 1.74. The van der Waals surface area contributed by atoms with Crippen molar-refractivity contribution in [1.82, 2.24) is 24.9 Å². The number of aliphatic hydroxyl groups is 1. The summed E-state index contributed by atoms with van der Waals surface area (Å²) < 4.78 is 1.67. The monoisotopic (exact) mass is 359 g/mol. The number of hydrogen-bond donors (Lipinski definition) is 2. The molecule has 1 aliphatic carbocycles. The van der Waals surface area contributed by atoms with Crippen LogP contribution in [0.4, 0.5) is 0 Å². The van der Waals surface area contributed by atoms with Crippen LogP contribution in [-0.2, 0) is 12.8 Å². The number of aliphatic hydroxyl groups excluding tert-OH is 1. The number of fused-ring (bicyclic) bond motifs is 5. The number of carbonyl (C=O) groups excluding carboxylic acids is 1. The summed E-state index contributed by atoms with van der Waals surface area (Å²) in [4.78, 5) is 24.0. The van der Waals surface area contributed by atoms with Crippen LogP contribution < -0.4 is 5.32 Å². The molecule has 0 aromatic carbocycles. The van der Waals surface area contributed by atoms with Crippen molar-refractivity contribution in [2.24, 2.45) is 0 Å². The molecule has 0 spiro atoms. The van der Waals surface area contributed by atoms with Gasteiger partial charge >= 0.3 is 0 Å². The largest absolute Gasteiger partial charge is 0.394 e. The molecule has 0 fully saturated rings. The van der Waals surface area contributed by atoms with Gasteiger partial charge < -0.3 is 10.4 Å². The third-order valence-corrected chi connectivity index (χ3v) is 5.99. The second-order valence-electron chi connectivity index (χ2n) is 6.48. The Labute approximate surface area is 149 Å². The van der Waals surface area contributed by atoms with Gasteiger partial charge in [-0.2, -0.15) is 4.52 Å². The van der Waals surface area contributed by atoms with E-state index in [1.165, 1.54) is 23.3 Å². The van der Waals surface area contributed by atoms with Gasteiger partial charge in [0.1, 0.15) is 10.7 Å². The molecule has 1 amide bonds. The van der Waals surface area contributed by atoms with E-state index in [0.717, 1.165) is 28.9 Å². The van der Waals surface area contributed by atoms with Crippen molar-refractivity contribution in [1.29, 1.82) is 0 Å². The van der Waals surface area contributed by atoms with Crippen molar-refractivity contribution in [3.63, 3.8) is 0 Å². The van der Waals surface area contributed by atoms with Gasteiger partial charge in [-0.05, 0) is 44.6 Å².